The molecule has 2 nitrogen and oxygen atoms in total. The zero-order valence-electron chi connectivity index (χ0n) is 10.2. The van der Waals surface area contributed by atoms with Gasteiger partial charge in [0.05, 0.1) is 14.5 Å². The molecule has 1 aromatic carbocycles. The standard InChI is InChI=1S/C12H16NOS.Li/c1-12(2)9-6-10-13-15(12,14)11-7-4-3-5-8-11;/h3-5,7H,6,9-10H2,1-2H3;/q-1;+1/t15-;/m0./s1. The molecular formula is C12H16LiNOS. The molecule has 1 atom stereocenters. The van der Waals surface area contributed by atoms with Gasteiger partial charge in [-0.1, -0.05) is 4.90 Å². The first-order chi connectivity index (χ1) is 7.06. The smallest absolute Gasteiger partial charge is 0.246 e. The molecule has 2 rings (SSSR count). The maximum Gasteiger partial charge on any atom is 1.00 e. The van der Waals surface area contributed by atoms with Gasteiger partial charge in [-0.2, -0.15) is 30.3 Å². The van der Waals surface area contributed by atoms with Crippen LogP contribution in [0, 0.1) is 6.07 Å². The van der Waals surface area contributed by atoms with Crippen molar-refractivity contribution < 1.29 is 23.1 Å². The summed E-state index contributed by atoms with van der Waals surface area (Å²) >= 11 is 0. The van der Waals surface area contributed by atoms with Crippen LogP contribution in [0.25, 0.3) is 0 Å². The Hall–Kier alpha value is -0.233. The molecule has 0 saturated heterocycles. The molecule has 0 saturated carbocycles. The van der Waals surface area contributed by atoms with Crippen LogP contribution in [0.5, 0.6) is 0 Å². The SMILES string of the molecule is CC1(C)CCCN=[S@]1(=O)c1[c-]cccc1.[Li+]. The number of hydrogen-bond acceptors (Lipinski definition) is 2. The minimum Gasteiger partial charge on any atom is -0.246 e. The van der Waals surface area contributed by atoms with Crippen molar-refractivity contribution in [3.8, 4) is 0 Å². The van der Waals surface area contributed by atoms with Gasteiger partial charge >= 0.3 is 18.9 Å². The van der Waals surface area contributed by atoms with Crippen molar-refractivity contribution in [2.24, 2.45) is 4.36 Å². The molecule has 82 valence electrons. The van der Waals surface area contributed by atoms with Crippen LogP contribution in [0.2, 0.25) is 0 Å². The Bertz CT molecular complexity index is 461. The van der Waals surface area contributed by atoms with Gasteiger partial charge in [0.25, 0.3) is 0 Å². The number of rotatable bonds is 1. The van der Waals surface area contributed by atoms with Crippen molar-refractivity contribution in [3.63, 3.8) is 0 Å². The van der Waals surface area contributed by atoms with Gasteiger partial charge in [-0.25, -0.2) is 8.57 Å². The molecule has 0 aromatic heterocycles. The molecule has 0 spiro atoms. The molecule has 1 aliphatic rings. The van der Waals surface area contributed by atoms with Crippen molar-refractivity contribution in [2.45, 2.75) is 36.3 Å². The molecule has 0 radical (unpaired) electrons. The second-order valence-corrected chi connectivity index (χ2v) is 7.32. The van der Waals surface area contributed by atoms with Crippen LogP contribution >= 0.6 is 0 Å². The van der Waals surface area contributed by atoms with Gasteiger partial charge in [-0.15, -0.1) is 0 Å². The summed E-state index contributed by atoms with van der Waals surface area (Å²) in [5.41, 5.74) is 0. The number of nitrogens with zero attached hydrogens (tertiary/aromatic N) is 1. The second kappa shape index (κ2) is 4.96. The first kappa shape index (κ1) is 13.8. The summed E-state index contributed by atoms with van der Waals surface area (Å²) in [5, 5.41) is 0. The first-order valence-corrected chi connectivity index (χ1v) is 6.77. The third-order valence-electron chi connectivity index (χ3n) is 2.94. The van der Waals surface area contributed by atoms with E-state index in [4.69, 9.17) is 0 Å². The Morgan fingerprint density at radius 1 is 1.44 bits per heavy atom. The predicted octanol–water partition coefficient (Wildman–Crippen LogP) is -0.110. The van der Waals surface area contributed by atoms with Crippen LogP contribution in [0.4, 0.5) is 0 Å². The van der Waals surface area contributed by atoms with Crippen LogP contribution < -0.4 is 18.9 Å². The Morgan fingerprint density at radius 3 is 2.75 bits per heavy atom. The zero-order chi connectivity index (χ0) is 10.9. The summed E-state index contributed by atoms with van der Waals surface area (Å²) in [5.74, 6) is 0. The van der Waals surface area contributed by atoms with Gasteiger partial charge in [0, 0.05) is 6.54 Å². The normalized spacial score (nSPS) is 27.6. The van der Waals surface area contributed by atoms with E-state index in [0.717, 1.165) is 17.7 Å². The summed E-state index contributed by atoms with van der Waals surface area (Å²) in [6.45, 7) is 4.79. The van der Waals surface area contributed by atoms with E-state index in [9.17, 15) is 4.21 Å². The Labute approximate surface area is 110 Å². The third kappa shape index (κ3) is 2.22. The molecule has 0 amide bonds. The van der Waals surface area contributed by atoms with E-state index in [0.29, 0.717) is 6.54 Å². The average molecular weight is 229 g/mol. The van der Waals surface area contributed by atoms with Crippen LogP contribution in [0.1, 0.15) is 26.7 Å². The Kier molecular flexibility index (Phi) is 4.28. The van der Waals surface area contributed by atoms with Crippen LogP contribution in [-0.4, -0.2) is 15.5 Å². The fourth-order valence-electron chi connectivity index (χ4n) is 1.93. The molecule has 4 heteroatoms. The third-order valence-corrected chi connectivity index (χ3v) is 6.04. The van der Waals surface area contributed by atoms with E-state index in [2.05, 4.69) is 10.4 Å². The summed E-state index contributed by atoms with van der Waals surface area (Å²) in [7, 11) is -2.28. The van der Waals surface area contributed by atoms with Crippen molar-refractivity contribution in [1.82, 2.24) is 0 Å². The topological polar surface area (TPSA) is 29.4 Å². The summed E-state index contributed by atoms with van der Waals surface area (Å²) < 4.78 is 17.0. The summed E-state index contributed by atoms with van der Waals surface area (Å²) in [6.07, 6.45) is 2.01. The number of hydrogen-bond donors (Lipinski definition) is 0. The molecule has 1 aromatic rings. The number of benzene rings is 1. The van der Waals surface area contributed by atoms with Crippen molar-refractivity contribution in [2.75, 3.05) is 6.54 Å². The maximum atomic E-state index is 12.9. The molecule has 0 aliphatic carbocycles. The van der Waals surface area contributed by atoms with E-state index in [1.165, 1.54) is 0 Å². The van der Waals surface area contributed by atoms with Gasteiger partial charge in [0.2, 0.25) is 0 Å². The van der Waals surface area contributed by atoms with Crippen LogP contribution in [0.15, 0.2) is 33.5 Å². The molecule has 0 fully saturated rings. The van der Waals surface area contributed by atoms with Crippen LogP contribution in [0.3, 0.4) is 0 Å². The van der Waals surface area contributed by atoms with E-state index in [1.807, 2.05) is 38.1 Å². The average Bonchev–Trinajstić information content (AvgIpc) is 2.24. The quantitative estimate of drug-likeness (QED) is 0.488. The second-order valence-electron chi connectivity index (χ2n) is 4.47. The Balaban J connectivity index is 0.00000128. The predicted molar refractivity (Wildman–Crippen MR) is 62.3 cm³/mol. The van der Waals surface area contributed by atoms with Crippen LogP contribution in [-0.2, 0) is 9.73 Å². The van der Waals surface area contributed by atoms with E-state index >= 15 is 0 Å². The summed E-state index contributed by atoms with van der Waals surface area (Å²) in [4.78, 5) is 0.759. The van der Waals surface area contributed by atoms with Gasteiger partial charge in [-0.05, 0) is 26.7 Å². The van der Waals surface area contributed by atoms with Crippen molar-refractivity contribution in [3.05, 3.63) is 30.3 Å². The molecule has 0 unspecified atom stereocenters. The van der Waals surface area contributed by atoms with E-state index < -0.39 is 9.73 Å². The zero-order valence-corrected chi connectivity index (χ0v) is 11.0. The minimum absolute atomic E-state index is 0. The maximum absolute atomic E-state index is 12.9. The monoisotopic (exact) mass is 229 g/mol. The fourth-order valence-corrected chi connectivity index (χ4v) is 4.31. The molecule has 0 N–H and O–H groups in total. The van der Waals surface area contributed by atoms with Crippen molar-refractivity contribution >= 4 is 9.73 Å². The molecule has 1 aliphatic heterocycles. The molecular weight excluding hydrogens is 213 g/mol. The summed E-state index contributed by atoms with van der Waals surface area (Å²) in [6, 6.07) is 10.5. The Morgan fingerprint density at radius 2 is 2.19 bits per heavy atom. The van der Waals surface area contributed by atoms with E-state index in [-0.39, 0.29) is 23.6 Å². The van der Waals surface area contributed by atoms with E-state index in [1.54, 1.807) is 0 Å². The minimum atomic E-state index is -2.28. The van der Waals surface area contributed by atoms with Gasteiger partial charge < -0.3 is 0 Å². The fraction of sp³-hybridized carbons (Fsp3) is 0.500. The molecule has 16 heavy (non-hydrogen) atoms. The molecule has 1 heterocycles. The largest absolute Gasteiger partial charge is 1.00 e. The first-order valence-electron chi connectivity index (χ1n) is 5.25. The van der Waals surface area contributed by atoms with Gasteiger partial charge in [-0.3, -0.25) is 0 Å². The van der Waals surface area contributed by atoms with Gasteiger partial charge in [0.15, 0.2) is 0 Å². The van der Waals surface area contributed by atoms with Gasteiger partial charge in [0.1, 0.15) is 0 Å². The van der Waals surface area contributed by atoms with Crippen molar-refractivity contribution in [1.29, 1.82) is 0 Å². The molecule has 0 bridgehead atoms.